The van der Waals surface area contributed by atoms with Crippen LogP contribution in [0.25, 0.3) is 5.52 Å². The molecule has 74 valence electrons. The van der Waals surface area contributed by atoms with Crippen LogP contribution in [0, 0.1) is 0 Å². The number of rotatable bonds is 1. The number of thiol groups is 1. The average Bonchev–Trinajstić information content (AvgIpc) is 2.47. The van der Waals surface area contributed by atoms with Gasteiger partial charge in [-0.05, 0) is 0 Å². The molecule has 2 aromatic heterocycles. The van der Waals surface area contributed by atoms with Gasteiger partial charge < -0.3 is 0 Å². The number of imidazole rings is 1. The summed E-state index contributed by atoms with van der Waals surface area (Å²) in [5.74, 6) is 0.987. The zero-order chi connectivity index (χ0) is 10.3. The first-order valence-electron chi connectivity index (χ1n) is 4.26. The predicted molar refractivity (Wildman–Crippen MR) is 54.9 cm³/mol. The molecular formula is C8H10N4OS. The standard InChI is InChI=1S/C8H10N4OS/c1-4(2)6-9-3-5-7(13)10-8(14)11-12(5)6/h3-4H,1-2H3,(H2,10,11,13,14). The number of hydrogen-bond donors (Lipinski definition) is 2. The molecule has 6 heteroatoms. The van der Waals surface area contributed by atoms with E-state index in [1.165, 1.54) is 10.7 Å². The SMILES string of the molecule is CC(C)c1ncc2c(=O)[nH]c(S)nn12. The smallest absolute Gasteiger partial charge is 0.277 e. The van der Waals surface area contributed by atoms with Crippen molar-refractivity contribution in [3.05, 3.63) is 22.4 Å². The highest BCUT2D eigenvalue weighted by molar-refractivity contribution is 7.80. The summed E-state index contributed by atoms with van der Waals surface area (Å²) in [5, 5.41) is 4.37. The van der Waals surface area contributed by atoms with E-state index < -0.39 is 0 Å². The molecule has 0 aliphatic rings. The Balaban J connectivity index is 2.85. The van der Waals surface area contributed by atoms with E-state index in [4.69, 9.17) is 0 Å². The van der Waals surface area contributed by atoms with Crippen LogP contribution in [0.4, 0.5) is 0 Å². The molecule has 0 bridgehead atoms. The van der Waals surface area contributed by atoms with Crippen molar-refractivity contribution in [2.45, 2.75) is 24.9 Å². The minimum Gasteiger partial charge on any atom is -0.298 e. The summed E-state index contributed by atoms with van der Waals surface area (Å²) in [5.41, 5.74) is 0.232. The molecule has 14 heavy (non-hydrogen) atoms. The summed E-state index contributed by atoms with van der Waals surface area (Å²) in [6.07, 6.45) is 1.52. The largest absolute Gasteiger partial charge is 0.298 e. The predicted octanol–water partition coefficient (Wildman–Crippen LogP) is 0.830. The third kappa shape index (κ3) is 1.31. The van der Waals surface area contributed by atoms with E-state index in [0.717, 1.165) is 5.82 Å². The van der Waals surface area contributed by atoms with Gasteiger partial charge >= 0.3 is 0 Å². The summed E-state index contributed by atoms with van der Waals surface area (Å²) >= 11 is 4.01. The van der Waals surface area contributed by atoms with Crippen molar-refractivity contribution in [3.8, 4) is 0 Å². The van der Waals surface area contributed by atoms with Crippen LogP contribution in [-0.4, -0.2) is 19.6 Å². The molecule has 0 spiro atoms. The van der Waals surface area contributed by atoms with Gasteiger partial charge in [-0.15, -0.1) is 17.7 Å². The minimum absolute atomic E-state index is 0.218. The summed E-state index contributed by atoms with van der Waals surface area (Å²) < 4.78 is 1.53. The van der Waals surface area contributed by atoms with E-state index in [1.54, 1.807) is 0 Å². The molecule has 0 saturated carbocycles. The molecule has 0 atom stereocenters. The van der Waals surface area contributed by atoms with Gasteiger partial charge in [0.15, 0.2) is 10.7 Å². The maximum atomic E-state index is 11.4. The molecule has 0 aromatic carbocycles. The zero-order valence-electron chi connectivity index (χ0n) is 7.85. The van der Waals surface area contributed by atoms with Crippen molar-refractivity contribution in [1.29, 1.82) is 0 Å². The molecule has 0 fully saturated rings. The highest BCUT2D eigenvalue weighted by atomic mass is 32.1. The summed E-state index contributed by atoms with van der Waals surface area (Å²) in [7, 11) is 0. The topological polar surface area (TPSA) is 63.0 Å². The van der Waals surface area contributed by atoms with Crippen molar-refractivity contribution < 1.29 is 0 Å². The maximum Gasteiger partial charge on any atom is 0.277 e. The molecule has 0 unspecified atom stereocenters. The van der Waals surface area contributed by atoms with Crippen LogP contribution in [0.5, 0.6) is 0 Å². The lowest BCUT2D eigenvalue weighted by Crippen LogP contribution is -2.14. The zero-order valence-corrected chi connectivity index (χ0v) is 8.75. The van der Waals surface area contributed by atoms with Crippen molar-refractivity contribution in [1.82, 2.24) is 19.6 Å². The van der Waals surface area contributed by atoms with Crippen LogP contribution in [0.3, 0.4) is 0 Å². The molecular weight excluding hydrogens is 200 g/mol. The van der Waals surface area contributed by atoms with Crippen LogP contribution in [0.15, 0.2) is 16.1 Å². The van der Waals surface area contributed by atoms with Crippen LogP contribution in [0.2, 0.25) is 0 Å². The number of nitrogens with zero attached hydrogens (tertiary/aromatic N) is 3. The first kappa shape index (κ1) is 9.26. The molecule has 2 rings (SSSR count). The molecule has 5 nitrogen and oxygen atoms in total. The molecule has 2 heterocycles. The van der Waals surface area contributed by atoms with Gasteiger partial charge in [-0.2, -0.15) is 0 Å². The number of nitrogens with one attached hydrogen (secondary N) is 1. The van der Waals surface area contributed by atoms with Gasteiger partial charge in [-0.1, -0.05) is 13.8 Å². The third-order valence-corrected chi connectivity index (χ3v) is 2.13. The van der Waals surface area contributed by atoms with Crippen molar-refractivity contribution in [3.63, 3.8) is 0 Å². The normalized spacial score (nSPS) is 11.4. The van der Waals surface area contributed by atoms with Gasteiger partial charge in [0, 0.05) is 5.92 Å². The van der Waals surface area contributed by atoms with Gasteiger partial charge in [-0.25, -0.2) is 9.50 Å². The number of H-pyrrole nitrogens is 1. The van der Waals surface area contributed by atoms with E-state index in [2.05, 4.69) is 27.7 Å². The number of fused-ring (bicyclic) bond motifs is 1. The number of hydrogen-bond acceptors (Lipinski definition) is 4. The Morgan fingerprint density at radius 1 is 1.57 bits per heavy atom. The molecule has 0 radical (unpaired) electrons. The van der Waals surface area contributed by atoms with Crippen molar-refractivity contribution in [2.24, 2.45) is 0 Å². The van der Waals surface area contributed by atoms with Gasteiger partial charge in [0.05, 0.1) is 6.20 Å². The third-order valence-electron chi connectivity index (χ3n) is 1.93. The first-order chi connectivity index (χ1) is 6.59. The monoisotopic (exact) mass is 210 g/mol. The fraction of sp³-hybridized carbons (Fsp3) is 0.375. The summed E-state index contributed by atoms with van der Waals surface area (Å²) in [6, 6.07) is 0. The Morgan fingerprint density at radius 3 is 2.93 bits per heavy atom. The fourth-order valence-electron chi connectivity index (χ4n) is 1.30. The Morgan fingerprint density at radius 2 is 2.29 bits per heavy atom. The lowest BCUT2D eigenvalue weighted by atomic mass is 10.2. The quantitative estimate of drug-likeness (QED) is 0.685. The van der Waals surface area contributed by atoms with Gasteiger partial charge in [0.1, 0.15) is 5.82 Å². The highest BCUT2D eigenvalue weighted by Crippen LogP contribution is 2.12. The Kier molecular flexibility index (Phi) is 2.07. The number of aromatic nitrogens is 4. The fourth-order valence-corrected chi connectivity index (χ4v) is 1.49. The van der Waals surface area contributed by atoms with Crippen molar-refractivity contribution >= 4 is 18.1 Å². The van der Waals surface area contributed by atoms with E-state index in [1.807, 2.05) is 13.8 Å². The minimum atomic E-state index is -0.218. The van der Waals surface area contributed by atoms with Crippen molar-refractivity contribution in [2.75, 3.05) is 0 Å². The van der Waals surface area contributed by atoms with E-state index in [0.29, 0.717) is 10.7 Å². The molecule has 0 aliphatic carbocycles. The first-order valence-corrected chi connectivity index (χ1v) is 4.71. The van der Waals surface area contributed by atoms with Crippen LogP contribution >= 0.6 is 12.6 Å². The molecule has 2 aromatic rings. The van der Waals surface area contributed by atoms with Crippen LogP contribution in [0.1, 0.15) is 25.6 Å². The Hall–Kier alpha value is -1.30. The maximum absolute atomic E-state index is 11.4. The highest BCUT2D eigenvalue weighted by Gasteiger charge is 2.11. The lowest BCUT2D eigenvalue weighted by molar-refractivity contribution is 0.686. The molecule has 1 N–H and O–H groups in total. The number of aromatic amines is 1. The molecule has 0 amide bonds. The average molecular weight is 210 g/mol. The molecule has 0 aliphatic heterocycles. The Bertz CT molecular complexity index is 528. The summed E-state index contributed by atoms with van der Waals surface area (Å²) in [6.45, 7) is 3.99. The van der Waals surface area contributed by atoms with E-state index in [9.17, 15) is 4.79 Å². The second-order valence-corrected chi connectivity index (χ2v) is 3.77. The second kappa shape index (κ2) is 3.13. The summed E-state index contributed by atoms with van der Waals surface area (Å²) in [4.78, 5) is 18.1. The molecule has 0 saturated heterocycles. The van der Waals surface area contributed by atoms with Gasteiger partial charge in [0.25, 0.3) is 5.56 Å². The second-order valence-electron chi connectivity index (χ2n) is 3.35. The Labute approximate surface area is 85.6 Å². The van der Waals surface area contributed by atoms with Crippen LogP contribution < -0.4 is 5.56 Å². The van der Waals surface area contributed by atoms with Gasteiger partial charge in [-0.3, -0.25) is 9.78 Å². The lowest BCUT2D eigenvalue weighted by Gasteiger charge is -2.02. The van der Waals surface area contributed by atoms with E-state index >= 15 is 0 Å². The van der Waals surface area contributed by atoms with E-state index in [-0.39, 0.29) is 11.5 Å². The van der Waals surface area contributed by atoms with Gasteiger partial charge in [0.2, 0.25) is 0 Å². The van der Waals surface area contributed by atoms with Crippen LogP contribution in [-0.2, 0) is 0 Å².